The number of phenols is 1. The second-order valence-corrected chi connectivity index (χ2v) is 4.49. The fraction of sp³-hybridized carbons (Fsp3) is 0.0625. The quantitative estimate of drug-likeness (QED) is 0.749. The van der Waals surface area contributed by atoms with E-state index < -0.39 is 0 Å². The minimum atomic E-state index is -0.313. The third-order valence-corrected chi connectivity index (χ3v) is 3.11. The molecule has 1 aromatic heterocycles. The summed E-state index contributed by atoms with van der Waals surface area (Å²) < 4.78 is 5.68. The van der Waals surface area contributed by atoms with Gasteiger partial charge in [0.2, 0.25) is 0 Å². The highest BCUT2D eigenvalue weighted by Gasteiger charge is 2.11. The van der Waals surface area contributed by atoms with E-state index in [9.17, 15) is 9.90 Å². The van der Waals surface area contributed by atoms with Crippen LogP contribution < -0.4 is 5.43 Å². The van der Waals surface area contributed by atoms with Gasteiger partial charge >= 0.3 is 0 Å². The molecule has 0 bridgehead atoms. The van der Waals surface area contributed by atoms with Gasteiger partial charge in [-0.3, -0.25) is 4.79 Å². The number of aliphatic hydroxyl groups excluding tert-OH is 1. The van der Waals surface area contributed by atoms with Crippen LogP contribution in [0.2, 0.25) is 0 Å². The molecule has 0 saturated heterocycles. The molecule has 0 atom stereocenters. The van der Waals surface area contributed by atoms with Crippen LogP contribution in [0.3, 0.4) is 0 Å². The fourth-order valence-electron chi connectivity index (χ4n) is 2.16. The summed E-state index contributed by atoms with van der Waals surface area (Å²) in [7, 11) is 0. The van der Waals surface area contributed by atoms with E-state index in [2.05, 4.69) is 0 Å². The number of aliphatic hydroxyl groups is 1. The van der Waals surface area contributed by atoms with Gasteiger partial charge in [0, 0.05) is 11.6 Å². The Kier molecular flexibility index (Phi) is 3.00. The van der Waals surface area contributed by atoms with Gasteiger partial charge in [0.05, 0.1) is 6.61 Å². The average molecular weight is 268 g/mol. The average Bonchev–Trinajstić information content (AvgIpc) is 2.47. The summed E-state index contributed by atoms with van der Waals surface area (Å²) in [6, 6.07) is 13.5. The van der Waals surface area contributed by atoms with Gasteiger partial charge in [-0.1, -0.05) is 30.3 Å². The first-order valence-corrected chi connectivity index (χ1v) is 6.15. The lowest BCUT2D eigenvalue weighted by Crippen LogP contribution is -2.01. The van der Waals surface area contributed by atoms with E-state index in [1.165, 1.54) is 12.1 Å². The Morgan fingerprint density at radius 1 is 1.05 bits per heavy atom. The first kappa shape index (κ1) is 12.4. The van der Waals surface area contributed by atoms with Crippen LogP contribution in [0.5, 0.6) is 5.75 Å². The summed E-state index contributed by atoms with van der Waals surface area (Å²) in [4.78, 5) is 12.1. The molecule has 0 radical (unpaired) electrons. The molecule has 0 unspecified atom stereocenters. The van der Waals surface area contributed by atoms with E-state index in [4.69, 9.17) is 9.52 Å². The minimum Gasteiger partial charge on any atom is -0.507 e. The highest BCUT2D eigenvalue weighted by molar-refractivity contribution is 5.85. The summed E-state index contributed by atoms with van der Waals surface area (Å²) in [5.74, 6) is 0.248. The van der Waals surface area contributed by atoms with Crippen LogP contribution in [0.15, 0.2) is 57.7 Å². The molecule has 1 heterocycles. The minimum absolute atomic E-state index is 0.127. The van der Waals surface area contributed by atoms with Gasteiger partial charge < -0.3 is 14.6 Å². The first-order valence-electron chi connectivity index (χ1n) is 6.15. The zero-order chi connectivity index (χ0) is 14.1. The molecular formula is C16H12O4. The molecular weight excluding hydrogens is 256 g/mol. The predicted molar refractivity (Wildman–Crippen MR) is 75.5 cm³/mol. The lowest BCUT2D eigenvalue weighted by molar-refractivity contribution is 0.281. The van der Waals surface area contributed by atoms with Gasteiger partial charge in [-0.05, 0) is 17.7 Å². The van der Waals surface area contributed by atoms with Gasteiger partial charge in [0.15, 0.2) is 5.43 Å². The molecule has 0 fully saturated rings. The van der Waals surface area contributed by atoms with Crippen molar-refractivity contribution >= 4 is 11.0 Å². The Hall–Kier alpha value is -2.59. The van der Waals surface area contributed by atoms with Gasteiger partial charge in [0.1, 0.15) is 22.5 Å². The van der Waals surface area contributed by atoms with E-state index in [-0.39, 0.29) is 28.8 Å². The Morgan fingerprint density at radius 3 is 2.50 bits per heavy atom. The summed E-state index contributed by atoms with van der Waals surface area (Å²) in [5, 5.41) is 19.1. The van der Waals surface area contributed by atoms with Crippen LogP contribution in [0.4, 0.5) is 0 Å². The number of fused-ring (bicyclic) bond motifs is 1. The Morgan fingerprint density at radius 2 is 1.80 bits per heavy atom. The van der Waals surface area contributed by atoms with Gasteiger partial charge in [-0.2, -0.15) is 0 Å². The van der Waals surface area contributed by atoms with Crippen LogP contribution in [0, 0.1) is 0 Å². The Balaban J connectivity index is 2.31. The largest absolute Gasteiger partial charge is 0.507 e. The highest BCUT2D eigenvalue weighted by atomic mass is 16.3. The molecule has 4 nitrogen and oxygen atoms in total. The van der Waals surface area contributed by atoms with Crippen LogP contribution in [-0.2, 0) is 6.61 Å². The summed E-state index contributed by atoms with van der Waals surface area (Å²) in [6.07, 6.45) is 0. The molecule has 0 spiro atoms. The summed E-state index contributed by atoms with van der Waals surface area (Å²) >= 11 is 0. The third-order valence-electron chi connectivity index (χ3n) is 3.11. The zero-order valence-electron chi connectivity index (χ0n) is 10.5. The zero-order valence-corrected chi connectivity index (χ0v) is 10.5. The molecule has 100 valence electrons. The lowest BCUT2D eigenvalue weighted by atomic mass is 10.1. The standard InChI is InChI=1S/C16H12O4/c17-9-10-6-12(18)16-13(19)8-14(20-15(16)7-10)11-4-2-1-3-5-11/h1-8,17-18H,9H2. The number of aromatic hydroxyl groups is 1. The molecule has 4 heteroatoms. The normalized spacial score (nSPS) is 10.8. The molecule has 0 saturated carbocycles. The van der Waals surface area contributed by atoms with Crippen LogP contribution >= 0.6 is 0 Å². The first-order chi connectivity index (χ1) is 9.69. The van der Waals surface area contributed by atoms with Crippen molar-refractivity contribution in [1.82, 2.24) is 0 Å². The second kappa shape index (κ2) is 4.83. The molecule has 20 heavy (non-hydrogen) atoms. The molecule has 0 aliphatic rings. The highest BCUT2D eigenvalue weighted by Crippen LogP contribution is 2.27. The van der Waals surface area contributed by atoms with Gasteiger partial charge in [-0.25, -0.2) is 0 Å². The van der Waals surface area contributed by atoms with Crippen molar-refractivity contribution in [3.63, 3.8) is 0 Å². The predicted octanol–water partition coefficient (Wildman–Crippen LogP) is 2.66. The van der Waals surface area contributed by atoms with Crippen LogP contribution in [0.25, 0.3) is 22.3 Å². The van der Waals surface area contributed by atoms with Crippen molar-refractivity contribution in [2.24, 2.45) is 0 Å². The third kappa shape index (κ3) is 2.06. The topological polar surface area (TPSA) is 70.7 Å². The fourth-order valence-corrected chi connectivity index (χ4v) is 2.16. The number of phenolic OH excluding ortho intramolecular Hbond substituents is 1. The molecule has 0 aliphatic carbocycles. The smallest absolute Gasteiger partial charge is 0.197 e. The van der Waals surface area contributed by atoms with Crippen molar-refractivity contribution in [3.05, 3.63) is 64.3 Å². The van der Waals surface area contributed by atoms with Crippen LogP contribution in [-0.4, -0.2) is 10.2 Å². The summed E-state index contributed by atoms with van der Waals surface area (Å²) in [5.41, 5.74) is 1.22. The SMILES string of the molecule is O=c1cc(-c2ccccc2)oc2cc(CO)cc(O)c12. The van der Waals surface area contributed by atoms with E-state index in [0.717, 1.165) is 5.56 Å². The maximum Gasteiger partial charge on any atom is 0.197 e. The maximum absolute atomic E-state index is 12.1. The number of hydrogen-bond donors (Lipinski definition) is 2. The van der Waals surface area contributed by atoms with Crippen molar-refractivity contribution < 1.29 is 14.6 Å². The van der Waals surface area contributed by atoms with E-state index in [0.29, 0.717) is 11.3 Å². The maximum atomic E-state index is 12.1. The van der Waals surface area contributed by atoms with Gasteiger partial charge in [0.25, 0.3) is 0 Å². The van der Waals surface area contributed by atoms with Crippen molar-refractivity contribution in [3.8, 4) is 17.1 Å². The molecule has 2 aromatic carbocycles. The second-order valence-electron chi connectivity index (χ2n) is 4.49. The van der Waals surface area contributed by atoms with Crippen molar-refractivity contribution in [1.29, 1.82) is 0 Å². The van der Waals surface area contributed by atoms with E-state index >= 15 is 0 Å². The van der Waals surface area contributed by atoms with Gasteiger partial charge in [-0.15, -0.1) is 0 Å². The molecule has 3 aromatic rings. The monoisotopic (exact) mass is 268 g/mol. The Bertz CT molecular complexity index is 819. The molecule has 2 N–H and O–H groups in total. The number of hydrogen-bond acceptors (Lipinski definition) is 4. The molecule has 0 aliphatic heterocycles. The number of benzene rings is 2. The Labute approximate surface area is 114 Å². The van der Waals surface area contributed by atoms with Crippen LogP contribution in [0.1, 0.15) is 5.56 Å². The lowest BCUT2D eigenvalue weighted by Gasteiger charge is -2.06. The summed E-state index contributed by atoms with van der Waals surface area (Å²) in [6.45, 7) is -0.233. The molecule has 3 rings (SSSR count). The van der Waals surface area contributed by atoms with Crippen molar-refractivity contribution in [2.75, 3.05) is 0 Å². The van der Waals surface area contributed by atoms with Crippen molar-refractivity contribution in [2.45, 2.75) is 6.61 Å². The van der Waals surface area contributed by atoms with E-state index in [1.807, 2.05) is 30.3 Å². The number of rotatable bonds is 2. The van der Waals surface area contributed by atoms with E-state index in [1.54, 1.807) is 6.07 Å². The molecule has 0 amide bonds.